The quantitative estimate of drug-likeness (QED) is 0.312. The Hall–Kier alpha value is -3.48. The first-order valence-electron chi connectivity index (χ1n) is 12.6. The molecule has 0 aliphatic rings. The number of rotatable bonds is 14. The standard InChI is InChI=1S/C27H34N4O6S2/c1-5-36-22-15-21(16-23(17-22)37-6-2)27(33)31(14-10-13-20-11-8-7-9-12-20)18-25-28-24(19-38-25)26(32)29-39(34,35)30(3)4/h7-9,11-12,15-17,19H,5-6,10,13-14,18H2,1-4H3,(H,29,32). The van der Waals surface area contributed by atoms with Crippen LogP contribution in [0.3, 0.4) is 0 Å². The molecule has 10 nitrogen and oxygen atoms in total. The van der Waals surface area contributed by atoms with E-state index in [1.54, 1.807) is 23.1 Å². The number of nitrogens with one attached hydrogen (secondary N) is 1. The molecule has 0 saturated carbocycles. The Morgan fingerprint density at radius 3 is 2.23 bits per heavy atom. The van der Waals surface area contributed by atoms with E-state index in [0.29, 0.717) is 48.2 Å². The Labute approximate surface area is 233 Å². The molecule has 1 heterocycles. The van der Waals surface area contributed by atoms with Gasteiger partial charge in [-0.1, -0.05) is 30.3 Å². The lowest BCUT2D eigenvalue weighted by atomic mass is 10.1. The van der Waals surface area contributed by atoms with Gasteiger partial charge in [0, 0.05) is 37.6 Å². The molecular formula is C27H34N4O6S2. The molecule has 0 radical (unpaired) electrons. The highest BCUT2D eigenvalue weighted by Gasteiger charge is 2.23. The largest absolute Gasteiger partial charge is 0.494 e. The lowest BCUT2D eigenvalue weighted by molar-refractivity contribution is 0.0740. The Morgan fingerprint density at radius 1 is 1.00 bits per heavy atom. The first-order valence-corrected chi connectivity index (χ1v) is 14.9. The van der Waals surface area contributed by atoms with Gasteiger partial charge in [-0.3, -0.25) is 9.59 Å². The van der Waals surface area contributed by atoms with E-state index >= 15 is 0 Å². The maximum atomic E-state index is 13.7. The van der Waals surface area contributed by atoms with Crippen molar-refractivity contribution in [2.45, 2.75) is 33.2 Å². The molecule has 12 heteroatoms. The molecule has 0 aliphatic heterocycles. The number of aromatic nitrogens is 1. The predicted octanol–water partition coefficient (Wildman–Crippen LogP) is 3.75. The molecule has 3 aromatic rings. The average molecular weight is 575 g/mol. The molecule has 3 rings (SSSR count). The van der Waals surface area contributed by atoms with Crippen LogP contribution in [0.4, 0.5) is 0 Å². The zero-order chi connectivity index (χ0) is 28.4. The number of carbonyl (C=O) groups is 2. The van der Waals surface area contributed by atoms with E-state index in [-0.39, 0.29) is 18.1 Å². The lowest BCUT2D eigenvalue weighted by Crippen LogP contribution is -2.39. The average Bonchev–Trinajstić information content (AvgIpc) is 3.37. The van der Waals surface area contributed by atoms with Crippen LogP contribution in [0.5, 0.6) is 11.5 Å². The van der Waals surface area contributed by atoms with Crippen LogP contribution in [0.2, 0.25) is 0 Å². The summed E-state index contributed by atoms with van der Waals surface area (Å²) in [4.78, 5) is 32.2. The van der Waals surface area contributed by atoms with Crippen molar-refractivity contribution in [1.82, 2.24) is 18.9 Å². The van der Waals surface area contributed by atoms with E-state index in [1.807, 2.05) is 48.9 Å². The fraction of sp³-hybridized carbons (Fsp3) is 0.370. The minimum absolute atomic E-state index is 0.0333. The van der Waals surface area contributed by atoms with Crippen molar-refractivity contribution in [2.75, 3.05) is 33.9 Å². The van der Waals surface area contributed by atoms with Crippen LogP contribution in [-0.4, -0.2) is 68.3 Å². The van der Waals surface area contributed by atoms with Crippen LogP contribution in [-0.2, 0) is 23.2 Å². The van der Waals surface area contributed by atoms with Crippen molar-refractivity contribution in [3.63, 3.8) is 0 Å². The number of hydrogen-bond acceptors (Lipinski definition) is 8. The van der Waals surface area contributed by atoms with Gasteiger partial charge in [-0.25, -0.2) is 9.71 Å². The summed E-state index contributed by atoms with van der Waals surface area (Å²) in [7, 11) is -1.32. The number of amides is 2. The Morgan fingerprint density at radius 2 is 1.64 bits per heavy atom. The molecule has 39 heavy (non-hydrogen) atoms. The molecule has 0 saturated heterocycles. The second kappa shape index (κ2) is 14.1. The summed E-state index contributed by atoms with van der Waals surface area (Å²) in [6.07, 6.45) is 1.49. The van der Waals surface area contributed by atoms with Gasteiger partial charge >= 0.3 is 10.2 Å². The zero-order valence-electron chi connectivity index (χ0n) is 22.5. The van der Waals surface area contributed by atoms with Gasteiger partial charge in [-0.05, 0) is 44.4 Å². The summed E-state index contributed by atoms with van der Waals surface area (Å²) >= 11 is 1.18. The Bertz CT molecular complexity index is 1340. The highest BCUT2D eigenvalue weighted by molar-refractivity contribution is 7.87. The number of hydrogen-bond donors (Lipinski definition) is 1. The monoisotopic (exact) mass is 574 g/mol. The van der Waals surface area contributed by atoms with Gasteiger partial charge in [0.1, 0.15) is 22.2 Å². The van der Waals surface area contributed by atoms with E-state index in [0.717, 1.165) is 16.3 Å². The third-order valence-corrected chi connectivity index (χ3v) is 7.82. The first-order chi connectivity index (χ1) is 18.6. The minimum atomic E-state index is -3.95. The molecule has 0 atom stereocenters. The van der Waals surface area contributed by atoms with Crippen molar-refractivity contribution < 1.29 is 27.5 Å². The van der Waals surface area contributed by atoms with Gasteiger partial charge in [0.15, 0.2) is 0 Å². The van der Waals surface area contributed by atoms with Crippen LogP contribution in [0.1, 0.15) is 51.7 Å². The molecule has 0 bridgehead atoms. The Balaban J connectivity index is 1.83. The number of carbonyl (C=O) groups excluding carboxylic acids is 2. The molecule has 0 spiro atoms. The summed E-state index contributed by atoms with van der Waals surface area (Å²) in [6, 6.07) is 15.1. The fourth-order valence-electron chi connectivity index (χ4n) is 3.66. The van der Waals surface area contributed by atoms with E-state index in [9.17, 15) is 18.0 Å². The van der Waals surface area contributed by atoms with Gasteiger partial charge in [0.25, 0.3) is 11.8 Å². The van der Waals surface area contributed by atoms with Crippen LogP contribution in [0.25, 0.3) is 0 Å². The third-order valence-electron chi connectivity index (χ3n) is 5.59. The Kier molecular flexibility index (Phi) is 10.8. The van der Waals surface area contributed by atoms with E-state index < -0.39 is 16.1 Å². The molecule has 1 aromatic heterocycles. The fourth-order valence-corrected chi connectivity index (χ4v) is 4.97. The normalized spacial score (nSPS) is 11.3. The van der Waals surface area contributed by atoms with Gasteiger partial charge in [0.05, 0.1) is 19.8 Å². The number of thiazole rings is 1. The lowest BCUT2D eigenvalue weighted by Gasteiger charge is -2.22. The molecule has 2 amide bonds. The maximum absolute atomic E-state index is 13.7. The predicted molar refractivity (Wildman–Crippen MR) is 150 cm³/mol. The molecular weight excluding hydrogens is 540 g/mol. The molecule has 0 fully saturated rings. The van der Waals surface area contributed by atoms with Gasteiger partial charge in [0.2, 0.25) is 0 Å². The van der Waals surface area contributed by atoms with Gasteiger partial charge < -0.3 is 14.4 Å². The maximum Gasteiger partial charge on any atom is 0.303 e. The summed E-state index contributed by atoms with van der Waals surface area (Å²) in [6.45, 7) is 5.20. The third kappa shape index (κ3) is 8.77. The van der Waals surface area contributed by atoms with E-state index in [4.69, 9.17) is 9.47 Å². The number of benzene rings is 2. The number of aryl methyl sites for hydroxylation is 1. The van der Waals surface area contributed by atoms with Crippen LogP contribution in [0.15, 0.2) is 53.9 Å². The molecule has 210 valence electrons. The van der Waals surface area contributed by atoms with Gasteiger partial charge in [-0.15, -0.1) is 11.3 Å². The van der Waals surface area contributed by atoms with Crippen LogP contribution < -0.4 is 14.2 Å². The van der Waals surface area contributed by atoms with Crippen LogP contribution >= 0.6 is 11.3 Å². The van der Waals surface area contributed by atoms with Crippen LogP contribution in [0, 0.1) is 0 Å². The van der Waals surface area contributed by atoms with Crippen molar-refractivity contribution in [3.8, 4) is 11.5 Å². The highest BCUT2D eigenvalue weighted by Crippen LogP contribution is 2.25. The second-order valence-electron chi connectivity index (χ2n) is 8.72. The molecule has 1 N–H and O–H groups in total. The molecule has 0 aliphatic carbocycles. The van der Waals surface area contributed by atoms with E-state index in [1.165, 1.54) is 30.8 Å². The number of ether oxygens (including phenoxy) is 2. The molecule has 2 aromatic carbocycles. The second-order valence-corrected chi connectivity index (χ2v) is 11.5. The summed E-state index contributed by atoms with van der Waals surface area (Å²) in [5.41, 5.74) is 1.54. The summed E-state index contributed by atoms with van der Waals surface area (Å²) in [5.74, 6) is -0.00133. The van der Waals surface area contributed by atoms with Gasteiger partial charge in [-0.2, -0.15) is 12.7 Å². The summed E-state index contributed by atoms with van der Waals surface area (Å²) < 4.78 is 38.2. The summed E-state index contributed by atoms with van der Waals surface area (Å²) in [5, 5.41) is 1.98. The zero-order valence-corrected chi connectivity index (χ0v) is 24.2. The topological polar surface area (TPSA) is 118 Å². The van der Waals surface area contributed by atoms with Crippen molar-refractivity contribution in [2.24, 2.45) is 0 Å². The smallest absolute Gasteiger partial charge is 0.303 e. The van der Waals surface area contributed by atoms with Crippen molar-refractivity contribution >= 4 is 33.4 Å². The SMILES string of the molecule is CCOc1cc(OCC)cc(C(=O)N(CCCc2ccccc2)Cc2nc(C(=O)NS(=O)(=O)N(C)C)cs2)c1. The number of nitrogens with zero attached hydrogens (tertiary/aromatic N) is 3. The van der Waals surface area contributed by atoms with Crippen molar-refractivity contribution in [3.05, 3.63) is 75.7 Å². The minimum Gasteiger partial charge on any atom is -0.494 e. The molecule has 0 unspecified atom stereocenters. The highest BCUT2D eigenvalue weighted by atomic mass is 32.2. The van der Waals surface area contributed by atoms with Crippen molar-refractivity contribution in [1.29, 1.82) is 0 Å². The van der Waals surface area contributed by atoms with E-state index in [2.05, 4.69) is 4.98 Å². The first kappa shape index (κ1) is 30.1.